The number of thiophene rings is 1. The van der Waals surface area contributed by atoms with Gasteiger partial charge < -0.3 is 20.1 Å². The van der Waals surface area contributed by atoms with Crippen LogP contribution in [-0.4, -0.2) is 47.7 Å². The number of nitrogens with zero attached hydrogens (tertiary/aromatic N) is 3. The molecule has 0 atom stereocenters. The van der Waals surface area contributed by atoms with Gasteiger partial charge in [-0.2, -0.15) is 0 Å². The third kappa shape index (κ3) is 3.40. The van der Waals surface area contributed by atoms with E-state index in [-0.39, 0.29) is 11.4 Å². The van der Waals surface area contributed by atoms with E-state index in [1.165, 1.54) is 17.7 Å². The second kappa shape index (κ2) is 7.21. The van der Waals surface area contributed by atoms with E-state index < -0.39 is 0 Å². The Kier molecular flexibility index (Phi) is 4.63. The fraction of sp³-hybridized carbons (Fsp3) is 0.409. The third-order valence-corrected chi connectivity index (χ3v) is 6.64. The lowest BCUT2D eigenvalue weighted by molar-refractivity contribution is 0.0994. The van der Waals surface area contributed by atoms with E-state index in [2.05, 4.69) is 40.8 Å². The second-order valence-corrected chi connectivity index (χ2v) is 9.29. The molecule has 2 aliphatic rings. The molecule has 30 heavy (non-hydrogen) atoms. The Labute approximate surface area is 178 Å². The normalized spacial score (nSPS) is 17.7. The van der Waals surface area contributed by atoms with Crippen molar-refractivity contribution < 1.29 is 14.3 Å². The molecule has 1 fully saturated rings. The molecule has 0 unspecified atom stereocenters. The van der Waals surface area contributed by atoms with Crippen LogP contribution in [0, 0.1) is 0 Å². The Morgan fingerprint density at radius 1 is 1.27 bits per heavy atom. The summed E-state index contributed by atoms with van der Waals surface area (Å²) in [6, 6.07) is 4.24. The first-order chi connectivity index (χ1) is 14.4. The zero-order valence-electron chi connectivity index (χ0n) is 17.1. The van der Waals surface area contributed by atoms with Gasteiger partial charge in [-0.25, -0.2) is 9.97 Å². The molecule has 0 radical (unpaired) electrons. The van der Waals surface area contributed by atoms with Gasteiger partial charge in [-0.05, 0) is 31.0 Å². The summed E-state index contributed by atoms with van der Waals surface area (Å²) in [5.41, 5.74) is 10.2. The van der Waals surface area contributed by atoms with E-state index in [1.807, 2.05) is 5.38 Å². The van der Waals surface area contributed by atoms with Gasteiger partial charge in [0.15, 0.2) is 5.78 Å². The van der Waals surface area contributed by atoms with Crippen LogP contribution in [0.5, 0.6) is 5.75 Å². The summed E-state index contributed by atoms with van der Waals surface area (Å²) in [5.74, 6) is 1.36. The van der Waals surface area contributed by atoms with Crippen LogP contribution < -0.4 is 15.4 Å². The Morgan fingerprint density at radius 3 is 2.87 bits per heavy atom. The van der Waals surface area contributed by atoms with Gasteiger partial charge in [0.2, 0.25) is 0 Å². The summed E-state index contributed by atoms with van der Waals surface area (Å²) in [5, 5.41) is 1.84. The molecule has 2 N–H and O–H groups in total. The number of fused-ring (bicyclic) bond motifs is 2. The van der Waals surface area contributed by atoms with Gasteiger partial charge in [0.25, 0.3) is 0 Å². The lowest BCUT2D eigenvalue weighted by atomic mass is 9.96. The molecule has 156 valence electrons. The van der Waals surface area contributed by atoms with Gasteiger partial charge in [-0.15, -0.1) is 11.3 Å². The van der Waals surface area contributed by atoms with Crippen LogP contribution in [0.4, 0.5) is 11.5 Å². The van der Waals surface area contributed by atoms with E-state index in [1.54, 1.807) is 0 Å². The summed E-state index contributed by atoms with van der Waals surface area (Å²) >= 11 is 1.41. The van der Waals surface area contributed by atoms with E-state index in [4.69, 9.17) is 15.2 Å². The summed E-state index contributed by atoms with van der Waals surface area (Å²) in [4.78, 5) is 23.9. The van der Waals surface area contributed by atoms with Gasteiger partial charge in [0.05, 0.1) is 29.0 Å². The second-order valence-electron chi connectivity index (χ2n) is 8.41. The molecular weight excluding hydrogens is 400 g/mol. The average molecular weight is 425 g/mol. The van der Waals surface area contributed by atoms with Crippen LogP contribution in [-0.2, 0) is 17.6 Å². The largest absolute Gasteiger partial charge is 0.487 e. The number of nitrogen functional groups attached to an aromatic ring is 1. The third-order valence-electron chi connectivity index (χ3n) is 5.65. The maximum absolute atomic E-state index is 13.3. The molecule has 0 aliphatic carbocycles. The highest BCUT2D eigenvalue weighted by molar-refractivity contribution is 7.18. The van der Waals surface area contributed by atoms with Gasteiger partial charge in [-0.3, -0.25) is 4.79 Å². The summed E-state index contributed by atoms with van der Waals surface area (Å²) in [6.07, 6.45) is 2.54. The maximum atomic E-state index is 13.3. The summed E-state index contributed by atoms with van der Waals surface area (Å²) < 4.78 is 12.4. The minimum Gasteiger partial charge on any atom is -0.487 e. The highest BCUT2D eigenvalue weighted by atomic mass is 32.1. The van der Waals surface area contributed by atoms with Crippen molar-refractivity contribution in [3.05, 3.63) is 40.5 Å². The molecule has 8 heteroatoms. The van der Waals surface area contributed by atoms with Crippen LogP contribution in [0.15, 0.2) is 23.8 Å². The van der Waals surface area contributed by atoms with E-state index in [9.17, 15) is 4.79 Å². The van der Waals surface area contributed by atoms with Crippen molar-refractivity contribution in [3.63, 3.8) is 0 Å². The smallest absolute Gasteiger partial charge is 0.170 e. The number of anilines is 2. The molecule has 1 aromatic carbocycles. The lowest BCUT2D eigenvalue weighted by Crippen LogP contribution is -2.37. The number of carbonyl (C=O) groups excluding carboxylic acids is 1. The molecular formula is C22H24N4O3S. The predicted molar refractivity (Wildman–Crippen MR) is 118 cm³/mol. The Balaban J connectivity index is 1.52. The van der Waals surface area contributed by atoms with Gasteiger partial charge in [0.1, 0.15) is 23.5 Å². The number of hydrogen-bond acceptors (Lipinski definition) is 8. The van der Waals surface area contributed by atoms with Gasteiger partial charge in [0, 0.05) is 43.1 Å². The Bertz CT molecular complexity index is 1130. The molecule has 3 aromatic rings. The first-order valence-corrected chi connectivity index (χ1v) is 11.0. The number of ketones is 1. The van der Waals surface area contributed by atoms with Crippen LogP contribution in [0.3, 0.4) is 0 Å². The monoisotopic (exact) mass is 424 g/mol. The molecule has 4 heterocycles. The zero-order valence-corrected chi connectivity index (χ0v) is 17.9. The first-order valence-electron chi connectivity index (χ1n) is 10.1. The Hall–Kier alpha value is -2.71. The predicted octanol–water partition coefficient (Wildman–Crippen LogP) is 3.25. The van der Waals surface area contributed by atoms with Crippen molar-refractivity contribution in [2.45, 2.75) is 32.3 Å². The first kappa shape index (κ1) is 19.3. The molecule has 0 spiro atoms. The zero-order chi connectivity index (χ0) is 20.9. The van der Waals surface area contributed by atoms with Crippen LogP contribution in [0.1, 0.15) is 35.3 Å². The molecule has 7 nitrogen and oxygen atoms in total. The fourth-order valence-electron chi connectivity index (χ4n) is 4.27. The number of ether oxygens (including phenoxy) is 2. The lowest BCUT2D eigenvalue weighted by Gasteiger charge is -2.31. The molecule has 1 saturated heterocycles. The number of morpholine rings is 1. The topological polar surface area (TPSA) is 90.6 Å². The highest BCUT2D eigenvalue weighted by Crippen LogP contribution is 2.40. The van der Waals surface area contributed by atoms with Crippen molar-refractivity contribution >= 4 is 38.8 Å². The van der Waals surface area contributed by atoms with Crippen molar-refractivity contribution in [3.8, 4) is 5.75 Å². The number of hydrogen-bond donors (Lipinski definition) is 1. The molecule has 5 rings (SSSR count). The van der Waals surface area contributed by atoms with Crippen molar-refractivity contribution in [2.24, 2.45) is 0 Å². The van der Waals surface area contributed by atoms with E-state index in [0.717, 1.165) is 46.8 Å². The molecule has 0 bridgehead atoms. The quantitative estimate of drug-likeness (QED) is 0.643. The van der Waals surface area contributed by atoms with Crippen molar-refractivity contribution in [2.75, 3.05) is 36.9 Å². The summed E-state index contributed by atoms with van der Waals surface area (Å²) in [7, 11) is 0. The van der Waals surface area contributed by atoms with Crippen molar-refractivity contribution in [1.82, 2.24) is 9.97 Å². The number of benzene rings is 1. The van der Waals surface area contributed by atoms with Crippen LogP contribution in [0.25, 0.3) is 10.2 Å². The molecule has 0 saturated carbocycles. The average Bonchev–Trinajstić information content (AvgIpc) is 3.28. The number of carbonyl (C=O) groups is 1. The molecule has 2 aliphatic heterocycles. The van der Waals surface area contributed by atoms with Gasteiger partial charge in [-0.1, -0.05) is 0 Å². The van der Waals surface area contributed by atoms with Crippen LogP contribution in [0.2, 0.25) is 0 Å². The summed E-state index contributed by atoms with van der Waals surface area (Å²) in [6.45, 7) is 7.15. The maximum Gasteiger partial charge on any atom is 0.170 e. The highest BCUT2D eigenvalue weighted by Gasteiger charge is 2.32. The number of nitrogens with two attached hydrogens (primary N) is 1. The fourth-order valence-corrected chi connectivity index (χ4v) is 5.19. The number of aromatic nitrogens is 2. The molecule has 0 amide bonds. The minimum absolute atomic E-state index is 0.0342. The molecule has 2 aromatic heterocycles. The van der Waals surface area contributed by atoms with E-state index in [0.29, 0.717) is 36.5 Å². The van der Waals surface area contributed by atoms with Gasteiger partial charge >= 0.3 is 0 Å². The SMILES string of the molecule is CC1(C)Cc2cc(CC(=O)c3csc4c(N)ncnc34)c(N3CCOCC3)cc2O1. The van der Waals surface area contributed by atoms with E-state index >= 15 is 0 Å². The minimum atomic E-state index is -0.231. The number of Topliss-reactive ketones (excluding diaryl/α,β-unsaturated/α-hetero) is 1. The standard InChI is InChI=1S/C22H24N4O3S/c1-22(2)10-14-7-13(16(9-18(14)29-22)26-3-5-28-6-4-26)8-17(27)15-11-30-20-19(15)24-12-25-21(20)23/h7,9,11-12H,3-6,8,10H2,1-2H3,(H2,23,24,25). The Morgan fingerprint density at radius 2 is 2.07 bits per heavy atom. The van der Waals surface area contributed by atoms with Crippen LogP contribution >= 0.6 is 11.3 Å². The van der Waals surface area contributed by atoms with Crippen molar-refractivity contribution in [1.29, 1.82) is 0 Å². The number of rotatable bonds is 4.